The van der Waals surface area contributed by atoms with Crippen LogP contribution < -0.4 is 11.1 Å². The van der Waals surface area contributed by atoms with E-state index >= 15 is 0 Å². The Labute approximate surface area is 235 Å². The SMILES string of the molecule is CCCCCCCCCCCCNCc1ccc(Cn2c(CCCC)nc3c(N)nc4ccccc4c32)cc1. The van der Waals surface area contributed by atoms with E-state index in [1.807, 2.05) is 12.1 Å². The van der Waals surface area contributed by atoms with E-state index in [4.69, 9.17) is 10.7 Å². The van der Waals surface area contributed by atoms with Crippen molar-refractivity contribution >= 4 is 27.8 Å². The Balaban J connectivity index is 1.30. The van der Waals surface area contributed by atoms with E-state index in [1.54, 1.807) is 0 Å². The van der Waals surface area contributed by atoms with Gasteiger partial charge in [-0.05, 0) is 36.6 Å². The molecule has 4 rings (SSSR count). The molecule has 0 spiro atoms. The summed E-state index contributed by atoms with van der Waals surface area (Å²) in [5, 5.41) is 4.75. The summed E-state index contributed by atoms with van der Waals surface area (Å²) in [4.78, 5) is 9.60. The molecule has 0 saturated heterocycles. The molecule has 5 heteroatoms. The molecule has 0 aliphatic carbocycles. The van der Waals surface area contributed by atoms with E-state index < -0.39 is 0 Å². The predicted octanol–water partition coefficient (Wildman–Crippen LogP) is 8.57. The smallest absolute Gasteiger partial charge is 0.152 e. The summed E-state index contributed by atoms with van der Waals surface area (Å²) in [5.74, 6) is 1.61. The first-order chi connectivity index (χ1) is 19.2. The highest BCUT2D eigenvalue weighted by Crippen LogP contribution is 2.30. The first-order valence-electron chi connectivity index (χ1n) is 15.5. The van der Waals surface area contributed by atoms with Crippen molar-refractivity contribution in [3.63, 3.8) is 0 Å². The predicted molar refractivity (Wildman–Crippen MR) is 167 cm³/mol. The summed E-state index contributed by atoms with van der Waals surface area (Å²) in [6.07, 6.45) is 17.0. The van der Waals surface area contributed by atoms with Gasteiger partial charge in [0.05, 0.1) is 11.0 Å². The Morgan fingerprint density at radius 3 is 2.08 bits per heavy atom. The number of nitrogens with two attached hydrogens (primary N) is 1. The molecule has 5 nitrogen and oxygen atoms in total. The summed E-state index contributed by atoms with van der Waals surface area (Å²) in [5.41, 5.74) is 11.8. The molecule has 0 aliphatic rings. The minimum atomic E-state index is 0.518. The largest absolute Gasteiger partial charge is 0.382 e. The van der Waals surface area contributed by atoms with E-state index in [0.29, 0.717) is 5.82 Å². The number of para-hydroxylation sites is 1. The highest BCUT2D eigenvalue weighted by molar-refractivity contribution is 6.06. The van der Waals surface area contributed by atoms with Crippen molar-refractivity contribution in [3.8, 4) is 0 Å². The number of aromatic nitrogens is 3. The van der Waals surface area contributed by atoms with Gasteiger partial charge < -0.3 is 15.6 Å². The number of imidazole rings is 1. The van der Waals surface area contributed by atoms with Gasteiger partial charge in [-0.2, -0.15) is 0 Å². The second-order valence-corrected chi connectivity index (χ2v) is 11.1. The van der Waals surface area contributed by atoms with Crippen molar-refractivity contribution < 1.29 is 0 Å². The Bertz CT molecular complexity index is 1270. The fourth-order valence-electron chi connectivity index (χ4n) is 5.52. The normalized spacial score (nSPS) is 11.6. The number of benzene rings is 2. The summed E-state index contributed by atoms with van der Waals surface area (Å²) in [7, 11) is 0. The van der Waals surface area contributed by atoms with Crippen molar-refractivity contribution in [3.05, 3.63) is 65.5 Å². The highest BCUT2D eigenvalue weighted by atomic mass is 15.1. The van der Waals surface area contributed by atoms with Gasteiger partial charge in [-0.25, -0.2) is 9.97 Å². The molecule has 0 saturated carbocycles. The average Bonchev–Trinajstić information content (AvgIpc) is 3.32. The number of nitrogens with zero attached hydrogens (tertiary/aromatic N) is 3. The fraction of sp³-hybridized carbons (Fsp3) is 0.529. The zero-order valence-corrected chi connectivity index (χ0v) is 24.4. The third-order valence-electron chi connectivity index (χ3n) is 7.84. The van der Waals surface area contributed by atoms with Gasteiger partial charge in [-0.1, -0.05) is 121 Å². The first kappa shape index (κ1) is 29.1. The van der Waals surface area contributed by atoms with Crippen LogP contribution in [0.2, 0.25) is 0 Å². The molecular weight excluding hydrogens is 478 g/mol. The Kier molecular flexibility index (Phi) is 11.6. The molecule has 0 amide bonds. The van der Waals surface area contributed by atoms with Crippen LogP contribution in [0.3, 0.4) is 0 Å². The second kappa shape index (κ2) is 15.6. The maximum atomic E-state index is 6.37. The Morgan fingerprint density at radius 1 is 0.718 bits per heavy atom. The Morgan fingerprint density at radius 2 is 1.36 bits per heavy atom. The summed E-state index contributed by atoms with van der Waals surface area (Å²) in [6, 6.07) is 17.3. The minimum Gasteiger partial charge on any atom is -0.382 e. The number of hydrogen-bond donors (Lipinski definition) is 2. The van der Waals surface area contributed by atoms with Gasteiger partial charge in [0.1, 0.15) is 11.3 Å². The zero-order chi connectivity index (χ0) is 27.3. The topological polar surface area (TPSA) is 68.8 Å². The van der Waals surface area contributed by atoms with Crippen molar-refractivity contribution in [1.29, 1.82) is 0 Å². The lowest BCUT2D eigenvalue weighted by atomic mass is 10.1. The van der Waals surface area contributed by atoms with Crippen LogP contribution in [0, 0.1) is 0 Å². The number of anilines is 1. The van der Waals surface area contributed by atoms with Crippen molar-refractivity contribution in [2.24, 2.45) is 0 Å². The molecule has 0 fully saturated rings. The van der Waals surface area contributed by atoms with Gasteiger partial charge in [0.2, 0.25) is 0 Å². The van der Waals surface area contributed by atoms with Crippen LogP contribution in [0.15, 0.2) is 48.5 Å². The van der Waals surface area contributed by atoms with E-state index in [1.165, 1.54) is 75.3 Å². The molecule has 3 N–H and O–H groups in total. The lowest BCUT2D eigenvalue weighted by Crippen LogP contribution is -2.14. The quantitative estimate of drug-likeness (QED) is 0.127. The molecule has 0 unspecified atom stereocenters. The molecule has 4 aromatic rings. The number of fused-ring (bicyclic) bond motifs is 3. The maximum absolute atomic E-state index is 6.37. The second-order valence-electron chi connectivity index (χ2n) is 11.1. The van der Waals surface area contributed by atoms with Gasteiger partial charge in [0.15, 0.2) is 5.82 Å². The number of nitrogens with one attached hydrogen (secondary N) is 1. The lowest BCUT2D eigenvalue weighted by molar-refractivity contribution is 0.543. The van der Waals surface area contributed by atoms with Crippen molar-refractivity contribution in [2.45, 2.75) is 110 Å². The van der Waals surface area contributed by atoms with E-state index in [-0.39, 0.29) is 0 Å². The van der Waals surface area contributed by atoms with Gasteiger partial charge in [0, 0.05) is 24.9 Å². The monoisotopic (exact) mass is 527 g/mol. The molecule has 39 heavy (non-hydrogen) atoms. The molecule has 2 aromatic heterocycles. The molecule has 0 bridgehead atoms. The molecule has 2 heterocycles. The van der Waals surface area contributed by atoms with Gasteiger partial charge in [0.25, 0.3) is 0 Å². The van der Waals surface area contributed by atoms with Crippen LogP contribution in [-0.2, 0) is 19.5 Å². The molecule has 0 radical (unpaired) electrons. The average molecular weight is 528 g/mol. The van der Waals surface area contributed by atoms with Gasteiger partial charge >= 0.3 is 0 Å². The van der Waals surface area contributed by atoms with E-state index in [0.717, 1.165) is 66.7 Å². The number of pyridine rings is 1. The standard InChI is InChI=1S/C34H49N5/c1-3-5-7-8-9-10-11-12-13-16-24-36-25-27-20-22-28(23-21-27)26-39-31(19-6-4-2)38-32-33(39)29-17-14-15-18-30(29)37-34(32)35/h14-15,17-18,20-23,36H,3-13,16,19,24-26H2,1-2H3,(H2,35,37). The number of aryl methyl sites for hydroxylation is 1. The number of nitrogen functional groups attached to an aromatic ring is 1. The first-order valence-corrected chi connectivity index (χ1v) is 15.5. The van der Waals surface area contributed by atoms with Crippen LogP contribution >= 0.6 is 0 Å². The molecule has 210 valence electrons. The number of hydrogen-bond acceptors (Lipinski definition) is 4. The van der Waals surface area contributed by atoms with Crippen LogP contribution in [0.25, 0.3) is 21.9 Å². The third kappa shape index (κ3) is 8.28. The fourth-order valence-corrected chi connectivity index (χ4v) is 5.52. The minimum absolute atomic E-state index is 0.518. The third-order valence-corrected chi connectivity index (χ3v) is 7.84. The van der Waals surface area contributed by atoms with Crippen LogP contribution in [0.4, 0.5) is 5.82 Å². The summed E-state index contributed by atoms with van der Waals surface area (Å²) >= 11 is 0. The van der Waals surface area contributed by atoms with Crippen molar-refractivity contribution in [2.75, 3.05) is 12.3 Å². The van der Waals surface area contributed by atoms with E-state index in [9.17, 15) is 0 Å². The summed E-state index contributed by atoms with van der Waals surface area (Å²) in [6.45, 7) is 7.33. The summed E-state index contributed by atoms with van der Waals surface area (Å²) < 4.78 is 2.36. The molecular formula is C34H49N5. The molecule has 0 aliphatic heterocycles. The van der Waals surface area contributed by atoms with Gasteiger partial charge in [-0.3, -0.25) is 0 Å². The highest BCUT2D eigenvalue weighted by Gasteiger charge is 2.17. The molecule has 2 aromatic carbocycles. The van der Waals surface area contributed by atoms with Crippen molar-refractivity contribution in [1.82, 2.24) is 19.9 Å². The molecule has 0 atom stereocenters. The van der Waals surface area contributed by atoms with Crippen LogP contribution in [0.5, 0.6) is 0 Å². The van der Waals surface area contributed by atoms with Gasteiger partial charge in [-0.15, -0.1) is 0 Å². The van der Waals surface area contributed by atoms with Crippen LogP contribution in [-0.4, -0.2) is 21.1 Å². The lowest BCUT2D eigenvalue weighted by Gasteiger charge is -2.12. The zero-order valence-electron chi connectivity index (χ0n) is 24.4. The maximum Gasteiger partial charge on any atom is 0.152 e. The van der Waals surface area contributed by atoms with E-state index in [2.05, 4.69) is 65.1 Å². The number of unbranched alkanes of at least 4 members (excludes halogenated alkanes) is 10. The number of rotatable bonds is 18. The van der Waals surface area contributed by atoms with Crippen LogP contribution in [0.1, 0.15) is 108 Å². The Hall–Kier alpha value is -2.92.